The molecule has 0 radical (unpaired) electrons. The number of aryl methyl sites for hydroxylation is 1. The quantitative estimate of drug-likeness (QED) is 0.801. The van der Waals surface area contributed by atoms with E-state index in [9.17, 15) is 0 Å². The van der Waals surface area contributed by atoms with Crippen molar-refractivity contribution in [1.29, 1.82) is 0 Å². The Kier molecular flexibility index (Phi) is 5.78. The van der Waals surface area contributed by atoms with Crippen LogP contribution in [0.4, 0.5) is 0 Å². The summed E-state index contributed by atoms with van der Waals surface area (Å²) >= 11 is 11.9. The minimum Gasteiger partial charge on any atom is -0.316 e. The normalized spacial score (nSPS) is 11.8. The van der Waals surface area contributed by atoms with Gasteiger partial charge in [0.05, 0.1) is 10.0 Å². The van der Waals surface area contributed by atoms with Gasteiger partial charge in [-0.2, -0.15) is 0 Å². The summed E-state index contributed by atoms with van der Waals surface area (Å²) in [5, 5.41) is 4.67. The average Bonchev–Trinajstić information content (AvgIpc) is 2.28. The zero-order valence-corrected chi connectivity index (χ0v) is 12.3. The van der Waals surface area contributed by atoms with Crippen molar-refractivity contribution in [2.24, 2.45) is 5.41 Å². The molecule has 0 saturated heterocycles. The van der Waals surface area contributed by atoms with E-state index in [4.69, 9.17) is 23.2 Å². The SMILES string of the molecule is CCNCC(C)(C)CCc1ccc(Cl)c(Cl)c1. The Hall–Kier alpha value is -0.240. The monoisotopic (exact) mass is 273 g/mol. The molecule has 0 heterocycles. The van der Waals surface area contributed by atoms with Crippen LogP contribution in [0.2, 0.25) is 10.0 Å². The van der Waals surface area contributed by atoms with Gasteiger partial charge in [-0.05, 0) is 42.5 Å². The molecule has 0 fully saturated rings. The summed E-state index contributed by atoms with van der Waals surface area (Å²) < 4.78 is 0. The largest absolute Gasteiger partial charge is 0.316 e. The fraction of sp³-hybridized carbons (Fsp3) is 0.571. The van der Waals surface area contributed by atoms with Gasteiger partial charge in [0.25, 0.3) is 0 Å². The van der Waals surface area contributed by atoms with Crippen LogP contribution < -0.4 is 5.32 Å². The first-order chi connectivity index (χ1) is 7.94. The van der Waals surface area contributed by atoms with Crippen molar-refractivity contribution < 1.29 is 0 Å². The molecule has 17 heavy (non-hydrogen) atoms. The second-order valence-electron chi connectivity index (χ2n) is 5.19. The van der Waals surface area contributed by atoms with Crippen molar-refractivity contribution >= 4 is 23.2 Å². The fourth-order valence-corrected chi connectivity index (χ4v) is 2.05. The molecule has 0 aliphatic rings. The van der Waals surface area contributed by atoms with E-state index in [1.165, 1.54) is 5.56 Å². The van der Waals surface area contributed by atoms with Crippen LogP contribution in [0, 0.1) is 5.41 Å². The highest BCUT2D eigenvalue weighted by Gasteiger charge is 2.16. The fourth-order valence-electron chi connectivity index (χ4n) is 1.73. The third-order valence-corrected chi connectivity index (χ3v) is 3.67. The van der Waals surface area contributed by atoms with Crippen molar-refractivity contribution in [3.63, 3.8) is 0 Å². The van der Waals surface area contributed by atoms with Crippen molar-refractivity contribution in [3.05, 3.63) is 33.8 Å². The zero-order chi connectivity index (χ0) is 12.9. The molecule has 0 aliphatic carbocycles. The molecule has 0 bridgehead atoms. The van der Waals surface area contributed by atoms with Crippen LogP contribution in [0.25, 0.3) is 0 Å². The highest BCUT2D eigenvalue weighted by Crippen LogP contribution is 2.26. The van der Waals surface area contributed by atoms with Gasteiger partial charge >= 0.3 is 0 Å². The maximum absolute atomic E-state index is 6.00. The van der Waals surface area contributed by atoms with Crippen LogP contribution in [0.15, 0.2) is 18.2 Å². The highest BCUT2D eigenvalue weighted by atomic mass is 35.5. The van der Waals surface area contributed by atoms with Crippen molar-refractivity contribution in [2.45, 2.75) is 33.6 Å². The number of hydrogen-bond acceptors (Lipinski definition) is 1. The van der Waals surface area contributed by atoms with E-state index in [1.807, 2.05) is 12.1 Å². The van der Waals surface area contributed by atoms with Crippen molar-refractivity contribution in [3.8, 4) is 0 Å². The topological polar surface area (TPSA) is 12.0 Å². The van der Waals surface area contributed by atoms with Gasteiger partial charge < -0.3 is 5.32 Å². The molecule has 0 aliphatic heterocycles. The van der Waals surface area contributed by atoms with E-state index < -0.39 is 0 Å². The second kappa shape index (κ2) is 6.63. The summed E-state index contributed by atoms with van der Waals surface area (Å²) in [7, 11) is 0. The standard InChI is InChI=1S/C14H21Cl2N/c1-4-17-10-14(2,3)8-7-11-5-6-12(15)13(16)9-11/h5-6,9,17H,4,7-8,10H2,1-3H3. The summed E-state index contributed by atoms with van der Waals surface area (Å²) in [6.45, 7) is 8.77. The summed E-state index contributed by atoms with van der Waals surface area (Å²) in [5.74, 6) is 0. The number of benzene rings is 1. The third-order valence-electron chi connectivity index (χ3n) is 2.93. The Bertz CT molecular complexity index is 361. The molecule has 96 valence electrons. The summed E-state index contributed by atoms with van der Waals surface area (Å²) in [4.78, 5) is 0. The lowest BCUT2D eigenvalue weighted by Gasteiger charge is -2.24. The first-order valence-corrected chi connectivity index (χ1v) is 6.85. The molecule has 1 aromatic rings. The number of nitrogens with one attached hydrogen (secondary N) is 1. The second-order valence-corrected chi connectivity index (χ2v) is 6.01. The lowest BCUT2D eigenvalue weighted by molar-refractivity contribution is 0.318. The Morgan fingerprint density at radius 2 is 1.88 bits per heavy atom. The molecule has 3 heteroatoms. The van der Waals surface area contributed by atoms with Crippen LogP contribution in [0.3, 0.4) is 0 Å². The molecule has 0 spiro atoms. The third kappa shape index (κ3) is 5.29. The van der Waals surface area contributed by atoms with Crippen LogP contribution in [0.1, 0.15) is 32.8 Å². The van der Waals surface area contributed by atoms with Crippen LogP contribution >= 0.6 is 23.2 Å². The molecule has 1 rings (SSSR count). The highest BCUT2D eigenvalue weighted by molar-refractivity contribution is 6.42. The van der Waals surface area contributed by atoms with Gasteiger partial charge in [0.1, 0.15) is 0 Å². The van der Waals surface area contributed by atoms with Gasteiger partial charge in [0, 0.05) is 6.54 Å². The van der Waals surface area contributed by atoms with E-state index in [0.717, 1.165) is 25.9 Å². The summed E-state index contributed by atoms with van der Waals surface area (Å²) in [6.07, 6.45) is 2.17. The van der Waals surface area contributed by atoms with Crippen LogP contribution in [-0.2, 0) is 6.42 Å². The smallest absolute Gasteiger partial charge is 0.0595 e. The molecular weight excluding hydrogens is 253 g/mol. The number of hydrogen-bond donors (Lipinski definition) is 1. The summed E-state index contributed by atoms with van der Waals surface area (Å²) in [5.41, 5.74) is 1.56. The molecule has 1 aromatic carbocycles. The maximum Gasteiger partial charge on any atom is 0.0595 e. The van der Waals surface area contributed by atoms with Gasteiger partial charge in [0.15, 0.2) is 0 Å². The van der Waals surface area contributed by atoms with Crippen LogP contribution in [0.5, 0.6) is 0 Å². The maximum atomic E-state index is 6.00. The molecule has 0 saturated carbocycles. The minimum atomic E-state index is 0.308. The Labute approximate surface area is 115 Å². The van der Waals surface area contributed by atoms with E-state index in [0.29, 0.717) is 15.5 Å². The van der Waals surface area contributed by atoms with Gasteiger partial charge in [0.2, 0.25) is 0 Å². The Balaban J connectivity index is 2.51. The lowest BCUT2D eigenvalue weighted by atomic mass is 9.86. The molecular formula is C14H21Cl2N. The molecule has 0 unspecified atom stereocenters. The van der Waals surface area contributed by atoms with Crippen molar-refractivity contribution in [1.82, 2.24) is 5.32 Å². The molecule has 0 aromatic heterocycles. The Morgan fingerprint density at radius 3 is 2.47 bits per heavy atom. The van der Waals surface area contributed by atoms with E-state index in [2.05, 4.69) is 32.2 Å². The van der Waals surface area contributed by atoms with Gasteiger partial charge in [-0.1, -0.05) is 50.0 Å². The first-order valence-electron chi connectivity index (χ1n) is 6.09. The van der Waals surface area contributed by atoms with E-state index in [-0.39, 0.29) is 0 Å². The van der Waals surface area contributed by atoms with Crippen LogP contribution in [-0.4, -0.2) is 13.1 Å². The zero-order valence-electron chi connectivity index (χ0n) is 10.8. The molecule has 1 nitrogen and oxygen atoms in total. The predicted octanol–water partition coefficient (Wildman–Crippen LogP) is 4.56. The minimum absolute atomic E-state index is 0.308. The molecule has 0 amide bonds. The van der Waals surface area contributed by atoms with E-state index in [1.54, 1.807) is 0 Å². The van der Waals surface area contributed by atoms with Gasteiger partial charge in [-0.3, -0.25) is 0 Å². The Morgan fingerprint density at radius 1 is 1.18 bits per heavy atom. The number of halogens is 2. The molecule has 1 N–H and O–H groups in total. The molecule has 0 atom stereocenters. The predicted molar refractivity (Wildman–Crippen MR) is 77.1 cm³/mol. The average molecular weight is 274 g/mol. The summed E-state index contributed by atoms with van der Waals surface area (Å²) in [6, 6.07) is 5.89. The lowest BCUT2D eigenvalue weighted by Crippen LogP contribution is -2.29. The first kappa shape index (κ1) is 14.8. The van der Waals surface area contributed by atoms with Gasteiger partial charge in [-0.25, -0.2) is 0 Å². The van der Waals surface area contributed by atoms with Crippen molar-refractivity contribution in [2.75, 3.05) is 13.1 Å². The number of rotatable bonds is 6. The van der Waals surface area contributed by atoms with Gasteiger partial charge in [-0.15, -0.1) is 0 Å². The van der Waals surface area contributed by atoms with E-state index >= 15 is 0 Å².